The van der Waals surface area contributed by atoms with E-state index in [1.807, 2.05) is 34.6 Å². The molecule has 0 aliphatic rings. The van der Waals surface area contributed by atoms with Crippen molar-refractivity contribution < 1.29 is 9.47 Å². The fourth-order valence-corrected chi connectivity index (χ4v) is 1.08. The van der Waals surface area contributed by atoms with Gasteiger partial charge in [0.1, 0.15) is 5.60 Å². The van der Waals surface area contributed by atoms with Gasteiger partial charge in [-0.05, 0) is 34.1 Å². The van der Waals surface area contributed by atoms with Crippen LogP contribution in [-0.4, -0.2) is 33.7 Å². The second-order valence-corrected chi connectivity index (χ2v) is 4.86. The molecule has 0 atom stereocenters. The Kier molecular flexibility index (Phi) is 4.69. The monoisotopic (exact) mass is 254 g/mol. The number of nitrogens with zero attached hydrogens (tertiary/aromatic N) is 3. The maximum Gasteiger partial charge on any atom is 0.324 e. The molecule has 102 valence electrons. The van der Waals surface area contributed by atoms with Gasteiger partial charge in [0.25, 0.3) is 0 Å². The zero-order chi connectivity index (χ0) is 13.8. The lowest BCUT2D eigenvalue weighted by molar-refractivity contribution is 0.0899. The summed E-state index contributed by atoms with van der Waals surface area (Å²) >= 11 is 0. The van der Waals surface area contributed by atoms with Crippen molar-refractivity contribution in [2.24, 2.45) is 0 Å². The smallest absolute Gasteiger partial charge is 0.324 e. The first-order chi connectivity index (χ1) is 8.36. The number of aromatic nitrogens is 3. The van der Waals surface area contributed by atoms with Crippen LogP contribution in [0.5, 0.6) is 12.0 Å². The molecule has 0 amide bonds. The Balaban J connectivity index is 2.97. The molecule has 0 aromatic carbocycles. The molecule has 1 rings (SSSR count). The molecule has 0 radical (unpaired) electrons. The minimum atomic E-state index is -0.318. The van der Waals surface area contributed by atoms with Crippen LogP contribution in [0.1, 0.15) is 41.0 Å². The van der Waals surface area contributed by atoms with Crippen molar-refractivity contribution in [3.63, 3.8) is 0 Å². The number of rotatable bonds is 6. The summed E-state index contributed by atoms with van der Waals surface area (Å²) in [6, 6.07) is 0.545. The van der Waals surface area contributed by atoms with E-state index in [1.54, 1.807) is 7.05 Å². The minimum absolute atomic E-state index is 0.00383. The predicted octanol–water partition coefficient (Wildman–Crippen LogP) is 2.27. The largest absolute Gasteiger partial charge is 0.461 e. The topological polar surface area (TPSA) is 69.2 Å². The summed E-state index contributed by atoms with van der Waals surface area (Å²) in [5.41, 5.74) is -0.318. The van der Waals surface area contributed by atoms with Crippen LogP contribution in [0.25, 0.3) is 0 Å². The lowest BCUT2D eigenvalue weighted by Gasteiger charge is -2.23. The van der Waals surface area contributed by atoms with Gasteiger partial charge in [0, 0.05) is 7.05 Å². The Morgan fingerprint density at radius 2 is 1.78 bits per heavy atom. The van der Waals surface area contributed by atoms with E-state index >= 15 is 0 Å². The molecule has 18 heavy (non-hydrogen) atoms. The van der Waals surface area contributed by atoms with Crippen molar-refractivity contribution in [1.82, 2.24) is 15.0 Å². The third-order valence-corrected chi connectivity index (χ3v) is 2.38. The molecular weight excluding hydrogens is 232 g/mol. The molecule has 0 spiro atoms. The van der Waals surface area contributed by atoms with E-state index in [9.17, 15) is 0 Å². The van der Waals surface area contributed by atoms with Crippen LogP contribution >= 0.6 is 0 Å². The summed E-state index contributed by atoms with van der Waals surface area (Å²) < 4.78 is 11.2. The first-order valence-corrected chi connectivity index (χ1v) is 6.16. The van der Waals surface area contributed by atoms with Crippen LogP contribution < -0.4 is 14.8 Å². The Bertz CT molecular complexity index is 394. The molecule has 1 heterocycles. The van der Waals surface area contributed by atoms with Gasteiger partial charge in [-0.2, -0.15) is 9.97 Å². The van der Waals surface area contributed by atoms with E-state index in [0.717, 1.165) is 6.42 Å². The van der Waals surface area contributed by atoms with E-state index in [1.165, 1.54) is 0 Å². The van der Waals surface area contributed by atoms with Gasteiger partial charge < -0.3 is 14.8 Å². The highest BCUT2D eigenvalue weighted by atomic mass is 16.5. The van der Waals surface area contributed by atoms with Crippen LogP contribution in [0.4, 0.5) is 5.95 Å². The van der Waals surface area contributed by atoms with Crippen LogP contribution in [0.2, 0.25) is 0 Å². The third kappa shape index (κ3) is 4.35. The molecule has 0 aliphatic heterocycles. The number of nitrogens with one attached hydrogen (secondary N) is 1. The first-order valence-electron chi connectivity index (χ1n) is 6.16. The molecule has 1 aromatic rings. The molecule has 0 saturated carbocycles. The summed E-state index contributed by atoms with van der Waals surface area (Å²) in [7, 11) is 1.74. The van der Waals surface area contributed by atoms with Crippen molar-refractivity contribution in [2.75, 3.05) is 12.4 Å². The summed E-state index contributed by atoms with van der Waals surface area (Å²) in [6.07, 6.45) is 0.859. The van der Waals surface area contributed by atoms with Crippen molar-refractivity contribution in [3.8, 4) is 12.0 Å². The lowest BCUT2D eigenvalue weighted by atomic mass is 10.1. The normalized spacial score (nSPS) is 11.5. The van der Waals surface area contributed by atoms with Crippen molar-refractivity contribution in [1.29, 1.82) is 0 Å². The molecular formula is C12H22N4O2. The molecule has 1 N–H and O–H groups in total. The Morgan fingerprint density at radius 1 is 1.17 bits per heavy atom. The van der Waals surface area contributed by atoms with Gasteiger partial charge in [0.05, 0.1) is 6.10 Å². The number of hydrogen-bond acceptors (Lipinski definition) is 6. The molecule has 6 nitrogen and oxygen atoms in total. The van der Waals surface area contributed by atoms with E-state index in [0.29, 0.717) is 5.95 Å². The number of ether oxygens (including phenoxy) is 2. The molecule has 0 saturated heterocycles. The SMILES string of the molecule is CCC(C)(C)Oc1nc(NC)nc(OC(C)C)n1. The van der Waals surface area contributed by atoms with Crippen LogP contribution in [0.3, 0.4) is 0 Å². The van der Waals surface area contributed by atoms with Crippen LogP contribution in [0.15, 0.2) is 0 Å². The van der Waals surface area contributed by atoms with Gasteiger partial charge in [-0.1, -0.05) is 6.92 Å². The summed E-state index contributed by atoms with van der Waals surface area (Å²) in [6.45, 7) is 9.85. The fourth-order valence-electron chi connectivity index (χ4n) is 1.08. The average Bonchev–Trinajstić information content (AvgIpc) is 2.27. The average molecular weight is 254 g/mol. The number of hydrogen-bond donors (Lipinski definition) is 1. The Morgan fingerprint density at radius 3 is 2.28 bits per heavy atom. The van der Waals surface area contributed by atoms with Crippen LogP contribution in [0, 0.1) is 0 Å². The van der Waals surface area contributed by atoms with Crippen molar-refractivity contribution >= 4 is 5.95 Å². The highest BCUT2D eigenvalue weighted by Crippen LogP contribution is 2.20. The summed E-state index contributed by atoms with van der Waals surface area (Å²) in [5.74, 6) is 0.433. The molecule has 1 aromatic heterocycles. The van der Waals surface area contributed by atoms with Gasteiger partial charge in [-0.3, -0.25) is 0 Å². The van der Waals surface area contributed by atoms with E-state index in [2.05, 4.69) is 20.3 Å². The predicted molar refractivity (Wildman–Crippen MR) is 70.1 cm³/mol. The maximum absolute atomic E-state index is 5.73. The van der Waals surface area contributed by atoms with Gasteiger partial charge >= 0.3 is 12.0 Å². The second-order valence-electron chi connectivity index (χ2n) is 4.86. The van der Waals surface area contributed by atoms with Crippen molar-refractivity contribution in [3.05, 3.63) is 0 Å². The van der Waals surface area contributed by atoms with Crippen molar-refractivity contribution in [2.45, 2.75) is 52.7 Å². The molecule has 0 bridgehead atoms. The molecule has 0 aliphatic carbocycles. The highest BCUT2D eigenvalue weighted by Gasteiger charge is 2.20. The zero-order valence-corrected chi connectivity index (χ0v) is 11.9. The fraction of sp³-hybridized carbons (Fsp3) is 0.750. The quantitative estimate of drug-likeness (QED) is 0.839. The molecule has 0 fully saturated rings. The highest BCUT2D eigenvalue weighted by molar-refractivity contribution is 5.26. The summed E-state index contributed by atoms with van der Waals surface area (Å²) in [4.78, 5) is 12.4. The summed E-state index contributed by atoms with van der Waals surface area (Å²) in [5, 5.41) is 2.86. The van der Waals surface area contributed by atoms with Gasteiger partial charge in [0.2, 0.25) is 5.95 Å². The second kappa shape index (κ2) is 5.84. The zero-order valence-electron chi connectivity index (χ0n) is 11.9. The van der Waals surface area contributed by atoms with Gasteiger partial charge in [-0.15, -0.1) is 4.98 Å². The minimum Gasteiger partial charge on any atom is -0.461 e. The molecule has 0 unspecified atom stereocenters. The molecule has 6 heteroatoms. The standard InChI is InChI=1S/C12H22N4O2/c1-7-12(4,5)18-11-15-9(13-6)14-10(16-11)17-8(2)3/h8H,7H2,1-6H3,(H,13,14,15,16). The number of anilines is 1. The lowest BCUT2D eigenvalue weighted by Crippen LogP contribution is -2.28. The van der Waals surface area contributed by atoms with Gasteiger partial charge in [0.15, 0.2) is 0 Å². The van der Waals surface area contributed by atoms with E-state index < -0.39 is 0 Å². The Hall–Kier alpha value is -1.59. The van der Waals surface area contributed by atoms with E-state index in [-0.39, 0.29) is 23.7 Å². The Labute approximate surface area is 108 Å². The van der Waals surface area contributed by atoms with Gasteiger partial charge in [-0.25, -0.2) is 0 Å². The first kappa shape index (κ1) is 14.5. The van der Waals surface area contributed by atoms with Crippen LogP contribution in [-0.2, 0) is 0 Å². The maximum atomic E-state index is 5.73. The van der Waals surface area contributed by atoms with E-state index in [4.69, 9.17) is 9.47 Å². The third-order valence-electron chi connectivity index (χ3n) is 2.38.